The SMILES string of the molecule is CCNCc1occc1Cn1nc(C)c(Cl)c1C. The predicted octanol–water partition coefficient (Wildman–Crippen LogP) is 2.90. The number of halogens is 1. The molecule has 0 saturated carbocycles. The van der Waals surface area contributed by atoms with Gasteiger partial charge >= 0.3 is 0 Å². The highest BCUT2D eigenvalue weighted by atomic mass is 35.5. The molecule has 0 fully saturated rings. The van der Waals surface area contributed by atoms with Gasteiger partial charge in [0.2, 0.25) is 0 Å². The fourth-order valence-corrected chi connectivity index (χ4v) is 2.03. The zero-order valence-electron chi connectivity index (χ0n) is 11.0. The van der Waals surface area contributed by atoms with E-state index < -0.39 is 0 Å². The minimum absolute atomic E-state index is 0.691. The molecular weight excluding hydrogens is 250 g/mol. The van der Waals surface area contributed by atoms with Crippen molar-refractivity contribution in [2.45, 2.75) is 33.9 Å². The molecule has 4 nitrogen and oxygen atoms in total. The Hall–Kier alpha value is -1.26. The van der Waals surface area contributed by atoms with E-state index in [0.29, 0.717) is 6.54 Å². The highest BCUT2D eigenvalue weighted by Crippen LogP contribution is 2.21. The lowest BCUT2D eigenvalue weighted by molar-refractivity contribution is 0.479. The monoisotopic (exact) mass is 267 g/mol. The molecule has 18 heavy (non-hydrogen) atoms. The van der Waals surface area contributed by atoms with Crippen LogP contribution in [0.25, 0.3) is 0 Å². The summed E-state index contributed by atoms with van der Waals surface area (Å²) in [4.78, 5) is 0. The molecule has 0 unspecified atom stereocenters. The minimum atomic E-state index is 0.691. The zero-order chi connectivity index (χ0) is 13.1. The van der Waals surface area contributed by atoms with Crippen molar-refractivity contribution < 1.29 is 4.42 Å². The summed E-state index contributed by atoms with van der Waals surface area (Å²) in [7, 11) is 0. The molecule has 2 aromatic heterocycles. The Bertz CT molecular complexity index is 530. The Morgan fingerprint density at radius 2 is 2.22 bits per heavy atom. The van der Waals surface area contributed by atoms with Gasteiger partial charge in [0.1, 0.15) is 5.76 Å². The summed E-state index contributed by atoms with van der Waals surface area (Å²) in [5, 5.41) is 8.43. The maximum absolute atomic E-state index is 6.14. The molecule has 0 aromatic carbocycles. The molecule has 2 rings (SSSR count). The number of aryl methyl sites for hydroxylation is 1. The molecule has 0 aliphatic rings. The highest BCUT2D eigenvalue weighted by Gasteiger charge is 2.12. The number of hydrogen-bond acceptors (Lipinski definition) is 3. The number of rotatable bonds is 5. The van der Waals surface area contributed by atoms with E-state index in [1.807, 2.05) is 24.6 Å². The molecule has 5 heteroatoms. The first kappa shape index (κ1) is 13.2. The lowest BCUT2D eigenvalue weighted by atomic mass is 10.2. The number of nitrogens with one attached hydrogen (secondary N) is 1. The van der Waals surface area contributed by atoms with Crippen molar-refractivity contribution in [2.75, 3.05) is 6.54 Å². The third-order valence-corrected chi connectivity index (χ3v) is 3.53. The minimum Gasteiger partial charge on any atom is -0.468 e. The van der Waals surface area contributed by atoms with E-state index in [-0.39, 0.29) is 0 Å². The molecule has 0 aliphatic heterocycles. The van der Waals surface area contributed by atoms with Gasteiger partial charge < -0.3 is 9.73 Å². The van der Waals surface area contributed by atoms with Crippen LogP contribution in [0.2, 0.25) is 5.02 Å². The Morgan fingerprint density at radius 3 is 2.83 bits per heavy atom. The summed E-state index contributed by atoms with van der Waals surface area (Å²) in [6.07, 6.45) is 1.72. The van der Waals surface area contributed by atoms with Crippen LogP contribution in [0.1, 0.15) is 29.6 Å². The van der Waals surface area contributed by atoms with E-state index in [1.54, 1.807) is 6.26 Å². The van der Waals surface area contributed by atoms with Crippen LogP contribution in [0.4, 0.5) is 0 Å². The van der Waals surface area contributed by atoms with Crippen molar-refractivity contribution in [1.29, 1.82) is 0 Å². The van der Waals surface area contributed by atoms with Gasteiger partial charge in [-0.05, 0) is 26.5 Å². The van der Waals surface area contributed by atoms with E-state index in [1.165, 1.54) is 0 Å². The zero-order valence-corrected chi connectivity index (χ0v) is 11.7. The van der Waals surface area contributed by atoms with Gasteiger partial charge in [0.05, 0.1) is 35.8 Å². The van der Waals surface area contributed by atoms with Gasteiger partial charge in [-0.1, -0.05) is 18.5 Å². The Balaban J connectivity index is 2.18. The third-order valence-electron chi connectivity index (χ3n) is 2.99. The quantitative estimate of drug-likeness (QED) is 0.906. The Labute approximate surface area is 112 Å². The summed E-state index contributed by atoms with van der Waals surface area (Å²) in [5.41, 5.74) is 2.99. The Kier molecular flexibility index (Phi) is 4.09. The van der Waals surface area contributed by atoms with Crippen molar-refractivity contribution in [3.05, 3.63) is 40.1 Å². The van der Waals surface area contributed by atoms with E-state index in [0.717, 1.165) is 40.8 Å². The van der Waals surface area contributed by atoms with Crippen LogP contribution in [-0.2, 0) is 13.1 Å². The maximum Gasteiger partial charge on any atom is 0.122 e. The van der Waals surface area contributed by atoms with Crippen LogP contribution in [0.15, 0.2) is 16.7 Å². The topological polar surface area (TPSA) is 43.0 Å². The smallest absolute Gasteiger partial charge is 0.122 e. The van der Waals surface area contributed by atoms with Crippen LogP contribution in [0, 0.1) is 13.8 Å². The van der Waals surface area contributed by atoms with Gasteiger partial charge in [-0.25, -0.2) is 0 Å². The third kappa shape index (κ3) is 2.60. The van der Waals surface area contributed by atoms with Crippen molar-refractivity contribution in [3.63, 3.8) is 0 Å². The van der Waals surface area contributed by atoms with Crippen molar-refractivity contribution in [2.24, 2.45) is 0 Å². The van der Waals surface area contributed by atoms with Crippen LogP contribution in [0.3, 0.4) is 0 Å². The number of nitrogens with zero attached hydrogens (tertiary/aromatic N) is 2. The lowest BCUT2D eigenvalue weighted by Gasteiger charge is -2.05. The molecule has 1 N–H and O–H groups in total. The summed E-state index contributed by atoms with van der Waals surface area (Å²) in [5.74, 6) is 0.959. The molecule has 0 radical (unpaired) electrons. The van der Waals surface area contributed by atoms with Crippen LogP contribution in [-0.4, -0.2) is 16.3 Å². The lowest BCUT2D eigenvalue weighted by Crippen LogP contribution is -2.13. The van der Waals surface area contributed by atoms with E-state index in [9.17, 15) is 0 Å². The van der Waals surface area contributed by atoms with E-state index in [4.69, 9.17) is 16.0 Å². The number of furan rings is 1. The van der Waals surface area contributed by atoms with Crippen molar-refractivity contribution >= 4 is 11.6 Å². The highest BCUT2D eigenvalue weighted by molar-refractivity contribution is 6.31. The fourth-order valence-electron chi connectivity index (χ4n) is 1.89. The van der Waals surface area contributed by atoms with Gasteiger partial charge in [0, 0.05) is 5.56 Å². The first-order chi connectivity index (χ1) is 8.63. The predicted molar refractivity (Wildman–Crippen MR) is 71.9 cm³/mol. The second-order valence-electron chi connectivity index (χ2n) is 4.29. The van der Waals surface area contributed by atoms with Crippen molar-refractivity contribution in [1.82, 2.24) is 15.1 Å². The molecule has 0 spiro atoms. The molecule has 0 atom stereocenters. The molecule has 98 valence electrons. The molecule has 2 heterocycles. The average molecular weight is 268 g/mol. The average Bonchev–Trinajstić information content (AvgIpc) is 2.89. The molecule has 0 saturated heterocycles. The second-order valence-corrected chi connectivity index (χ2v) is 4.67. The molecule has 2 aromatic rings. The van der Waals surface area contributed by atoms with Crippen LogP contribution >= 0.6 is 11.6 Å². The number of aromatic nitrogens is 2. The molecule has 0 amide bonds. The van der Waals surface area contributed by atoms with E-state index >= 15 is 0 Å². The second kappa shape index (κ2) is 5.59. The van der Waals surface area contributed by atoms with Crippen molar-refractivity contribution in [3.8, 4) is 0 Å². The van der Waals surface area contributed by atoms with Gasteiger partial charge in [-0.2, -0.15) is 5.10 Å². The summed E-state index contributed by atoms with van der Waals surface area (Å²) in [6.45, 7) is 8.32. The molecular formula is C13H18ClN3O. The largest absolute Gasteiger partial charge is 0.468 e. The molecule has 0 bridgehead atoms. The van der Waals surface area contributed by atoms with Gasteiger partial charge in [0.15, 0.2) is 0 Å². The van der Waals surface area contributed by atoms with E-state index in [2.05, 4.69) is 17.3 Å². The van der Waals surface area contributed by atoms with Gasteiger partial charge in [-0.15, -0.1) is 0 Å². The normalized spacial score (nSPS) is 11.1. The number of hydrogen-bond donors (Lipinski definition) is 1. The van der Waals surface area contributed by atoms with Gasteiger partial charge in [-0.3, -0.25) is 4.68 Å². The molecule has 0 aliphatic carbocycles. The van der Waals surface area contributed by atoms with Crippen LogP contribution < -0.4 is 5.32 Å². The first-order valence-electron chi connectivity index (χ1n) is 6.09. The maximum atomic E-state index is 6.14. The first-order valence-corrected chi connectivity index (χ1v) is 6.46. The summed E-state index contributed by atoms with van der Waals surface area (Å²) in [6, 6.07) is 1.98. The van der Waals surface area contributed by atoms with Gasteiger partial charge in [0.25, 0.3) is 0 Å². The fraction of sp³-hybridized carbons (Fsp3) is 0.462. The Morgan fingerprint density at radius 1 is 1.44 bits per heavy atom. The summed E-state index contributed by atoms with van der Waals surface area (Å²) >= 11 is 6.14. The standard InChI is InChI=1S/C13H18ClN3O/c1-4-15-7-12-11(5-6-18-12)8-17-10(3)13(14)9(2)16-17/h5-6,15H,4,7-8H2,1-3H3. The van der Waals surface area contributed by atoms with Crippen LogP contribution in [0.5, 0.6) is 0 Å². The summed E-state index contributed by atoms with van der Waals surface area (Å²) < 4.78 is 7.39.